The molecule has 0 heterocycles. The Balaban J connectivity index is 1.69. The van der Waals surface area contributed by atoms with Gasteiger partial charge in [-0.3, -0.25) is 0 Å². The molecule has 0 aliphatic heterocycles. The van der Waals surface area contributed by atoms with E-state index in [2.05, 4.69) is 79.7 Å². The van der Waals surface area contributed by atoms with Gasteiger partial charge >= 0.3 is 14.2 Å². The molecule has 4 aromatic carbocycles. The van der Waals surface area contributed by atoms with Crippen LogP contribution >= 0.6 is 0 Å². The number of aliphatic hydroxyl groups is 1. The van der Waals surface area contributed by atoms with Gasteiger partial charge in [-0.15, -0.1) is 0 Å². The standard InChI is InChI=1S/C47H62B2O9/c1-9-29(5)25-54-34-14-16-36-38-22-45(56-27-31(7)11-3)46(57-28-32(8)12-4)24-42(38)47(40(36)20-34)39-19-33(49(53)58-18-17-50)13-15-35(39)37-21-44(55-26-30(6)10-2)43(48(51)52)23-41(37)47/h13-16,19-24,29-32,50-53H,9-12,17-18,25-28H2,1-8H3. The molecule has 9 nitrogen and oxygen atoms in total. The van der Waals surface area contributed by atoms with Crippen LogP contribution in [0.3, 0.4) is 0 Å². The summed E-state index contributed by atoms with van der Waals surface area (Å²) in [6.45, 7) is 18.9. The molecule has 2 aliphatic carbocycles. The Bertz CT molecular complexity index is 2040. The van der Waals surface area contributed by atoms with Gasteiger partial charge in [0.05, 0.1) is 45.1 Å². The third kappa shape index (κ3) is 8.52. The van der Waals surface area contributed by atoms with E-state index in [9.17, 15) is 20.2 Å². The highest BCUT2D eigenvalue weighted by Crippen LogP contribution is 2.64. The maximum atomic E-state index is 11.3. The number of hydrogen-bond donors (Lipinski definition) is 4. The molecule has 2 aliphatic rings. The molecule has 4 aromatic rings. The fourth-order valence-electron chi connectivity index (χ4n) is 7.73. The zero-order valence-corrected chi connectivity index (χ0v) is 35.6. The van der Waals surface area contributed by atoms with Gasteiger partial charge < -0.3 is 43.8 Å². The Hall–Kier alpha value is -3.99. The van der Waals surface area contributed by atoms with Crippen LogP contribution in [0.25, 0.3) is 22.3 Å². The van der Waals surface area contributed by atoms with Crippen molar-refractivity contribution in [1.82, 2.24) is 0 Å². The first-order valence-electron chi connectivity index (χ1n) is 21.4. The Morgan fingerprint density at radius 2 is 1.00 bits per heavy atom. The Morgan fingerprint density at radius 3 is 1.55 bits per heavy atom. The average molecular weight is 793 g/mol. The molecule has 1 spiro atoms. The summed E-state index contributed by atoms with van der Waals surface area (Å²) >= 11 is 0. The highest BCUT2D eigenvalue weighted by molar-refractivity contribution is 6.60. The van der Waals surface area contributed by atoms with Crippen molar-refractivity contribution >= 4 is 25.2 Å². The monoisotopic (exact) mass is 792 g/mol. The van der Waals surface area contributed by atoms with Crippen LogP contribution in [0.4, 0.5) is 0 Å². The topological polar surface area (TPSA) is 127 Å². The molecule has 0 radical (unpaired) electrons. The van der Waals surface area contributed by atoms with E-state index in [-0.39, 0.29) is 24.6 Å². The van der Waals surface area contributed by atoms with E-state index >= 15 is 0 Å². The number of hydrogen-bond acceptors (Lipinski definition) is 9. The Labute approximate surface area is 346 Å². The molecule has 5 atom stereocenters. The third-order valence-corrected chi connectivity index (χ3v) is 12.3. The van der Waals surface area contributed by atoms with Crippen molar-refractivity contribution in [3.63, 3.8) is 0 Å². The smallest absolute Gasteiger partial charge is 0.492 e. The lowest BCUT2D eigenvalue weighted by molar-refractivity contribution is 0.183. The summed E-state index contributed by atoms with van der Waals surface area (Å²) in [7, 11) is -3.10. The van der Waals surface area contributed by atoms with Gasteiger partial charge in [0.1, 0.15) is 11.5 Å². The van der Waals surface area contributed by atoms with Crippen LogP contribution in [-0.2, 0) is 10.1 Å². The molecule has 0 amide bonds. The van der Waals surface area contributed by atoms with Crippen LogP contribution < -0.4 is 29.9 Å². The van der Waals surface area contributed by atoms with E-state index in [1.165, 1.54) is 0 Å². The summed E-state index contributed by atoms with van der Waals surface area (Å²) in [5, 5.41) is 42.8. The second kappa shape index (κ2) is 18.9. The minimum atomic E-state index is -1.81. The van der Waals surface area contributed by atoms with Crippen LogP contribution in [0.15, 0.2) is 60.7 Å². The van der Waals surface area contributed by atoms with Gasteiger partial charge in [-0.2, -0.15) is 0 Å². The van der Waals surface area contributed by atoms with Crippen molar-refractivity contribution in [2.24, 2.45) is 23.7 Å². The number of aliphatic hydroxyl groups excluding tert-OH is 1. The fraction of sp³-hybridized carbons (Fsp3) is 0.489. The normalized spacial score (nSPS) is 16.8. The molecule has 5 unspecified atom stereocenters. The van der Waals surface area contributed by atoms with Gasteiger partial charge in [-0.05, 0) is 104 Å². The first kappa shape index (κ1) is 43.6. The van der Waals surface area contributed by atoms with Gasteiger partial charge in [0.15, 0.2) is 11.5 Å². The van der Waals surface area contributed by atoms with Crippen molar-refractivity contribution in [3.05, 3.63) is 82.9 Å². The maximum Gasteiger partial charge on any atom is 0.492 e. The van der Waals surface area contributed by atoms with Crippen LogP contribution in [0.1, 0.15) is 103 Å². The van der Waals surface area contributed by atoms with Crippen LogP contribution in [0.5, 0.6) is 23.0 Å². The third-order valence-electron chi connectivity index (χ3n) is 12.3. The Morgan fingerprint density at radius 1 is 0.534 bits per heavy atom. The lowest BCUT2D eigenvalue weighted by atomic mass is 9.67. The zero-order chi connectivity index (χ0) is 41.7. The van der Waals surface area contributed by atoms with E-state index in [4.69, 9.17) is 23.6 Å². The first-order chi connectivity index (χ1) is 27.9. The van der Waals surface area contributed by atoms with Crippen molar-refractivity contribution in [1.29, 1.82) is 0 Å². The number of benzene rings is 4. The van der Waals surface area contributed by atoms with Crippen molar-refractivity contribution in [2.45, 2.75) is 86.5 Å². The predicted octanol–water partition coefficient (Wildman–Crippen LogP) is 7.11. The summed E-state index contributed by atoms with van der Waals surface area (Å²) in [6.07, 6.45) is 3.83. The summed E-state index contributed by atoms with van der Waals surface area (Å²) in [4.78, 5) is 0. The van der Waals surface area contributed by atoms with Crippen molar-refractivity contribution in [3.8, 4) is 45.3 Å². The second-order valence-corrected chi connectivity index (χ2v) is 16.7. The minimum Gasteiger partial charge on any atom is -0.494 e. The molecule has 0 saturated carbocycles. The summed E-state index contributed by atoms with van der Waals surface area (Å²) in [6, 6.07) is 20.1. The van der Waals surface area contributed by atoms with E-state index in [1.54, 1.807) is 0 Å². The lowest BCUT2D eigenvalue weighted by Crippen LogP contribution is -2.37. The predicted molar refractivity (Wildman–Crippen MR) is 233 cm³/mol. The van der Waals surface area contributed by atoms with E-state index in [1.807, 2.05) is 36.4 Å². The quantitative estimate of drug-likeness (QED) is 0.0565. The minimum absolute atomic E-state index is 0.0306. The van der Waals surface area contributed by atoms with Crippen molar-refractivity contribution < 1.29 is 43.8 Å². The fourth-order valence-corrected chi connectivity index (χ4v) is 7.73. The highest BCUT2D eigenvalue weighted by Gasteiger charge is 2.53. The SMILES string of the molecule is CCC(C)COc1ccc2c(c1)C1(c3cc(B(O)OCCO)ccc3-c3cc(OCC(C)CC)c(B(O)O)cc31)c1cc(OCC(C)CC)c(OCC(C)CC)cc1-2. The number of rotatable bonds is 21. The maximum absolute atomic E-state index is 11.3. The van der Waals surface area contributed by atoms with Crippen LogP contribution in [-0.4, -0.2) is 74.1 Å². The van der Waals surface area contributed by atoms with Crippen LogP contribution in [0, 0.1) is 23.7 Å². The molecular weight excluding hydrogens is 730 g/mol. The Kier molecular flexibility index (Phi) is 14.2. The average Bonchev–Trinajstić information content (AvgIpc) is 3.68. The molecule has 0 fully saturated rings. The zero-order valence-electron chi connectivity index (χ0n) is 35.6. The van der Waals surface area contributed by atoms with Gasteiger partial charge in [-0.1, -0.05) is 111 Å². The summed E-state index contributed by atoms with van der Waals surface area (Å²) in [5.74, 6) is 3.69. The van der Waals surface area contributed by atoms with Crippen LogP contribution in [0.2, 0.25) is 0 Å². The molecule has 0 bridgehead atoms. The van der Waals surface area contributed by atoms with E-state index in [0.29, 0.717) is 66.9 Å². The molecular formula is C47H62B2O9. The van der Waals surface area contributed by atoms with Gasteiger partial charge in [0.25, 0.3) is 0 Å². The largest absolute Gasteiger partial charge is 0.494 e. The van der Waals surface area contributed by atoms with Crippen molar-refractivity contribution in [2.75, 3.05) is 39.6 Å². The molecule has 58 heavy (non-hydrogen) atoms. The molecule has 310 valence electrons. The van der Waals surface area contributed by atoms with Gasteiger partial charge in [0, 0.05) is 5.46 Å². The number of ether oxygens (including phenoxy) is 4. The summed E-state index contributed by atoms with van der Waals surface area (Å²) in [5.41, 5.74) is 7.09. The molecule has 0 aromatic heterocycles. The van der Waals surface area contributed by atoms with Gasteiger partial charge in [-0.25, -0.2) is 0 Å². The molecule has 11 heteroatoms. The first-order valence-corrected chi connectivity index (χ1v) is 21.4. The van der Waals surface area contributed by atoms with E-state index < -0.39 is 19.7 Å². The van der Waals surface area contributed by atoms with Gasteiger partial charge in [0.2, 0.25) is 0 Å². The lowest BCUT2D eigenvalue weighted by Gasteiger charge is -2.32. The molecule has 4 N–H and O–H groups in total. The molecule has 0 saturated heterocycles. The van der Waals surface area contributed by atoms with E-state index in [0.717, 1.165) is 75.9 Å². The highest BCUT2D eigenvalue weighted by atomic mass is 16.5. The molecule has 6 rings (SSSR count). The second-order valence-electron chi connectivity index (χ2n) is 16.7. The number of fused-ring (bicyclic) bond motifs is 10. The summed E-state index contributed by atoms with van der Waals surface area (Å²) < 4.78 is 31.8.